The summed E-state index contributed by atoms with van der Waals surface area (Å²) in [6.07, 6.45) is 9.96. The highest BCUT2D eigenvalue weighted by molar-refractivity contribution is 6.83. The number of fused-ring (bicyclic) bond motifs is 2. The summed E-state index contributed by atoms with van der Waals surface area (Å²) in [7, 11) is 1.48. The number of benzene rings is 6. The van der Waals surface area contributed by atoms with Crippen LogP contribution in [0.15, 0.2) is 109 Å². The largest absolute Gasteiger partial charge is 0.466 e. The summed E-state index contributed by atoms with van der Waals surface area (Å²) < 4.78 is 23.9. The van der Waals surface area contributed by atoms with Crippen LogP contribution in [-0.2, 0) is 35.2 Å². The van der Waals surface area contributed by atoms with Gasteiger partial charge < -0.3 is 18.9 Å². The van der Waals surface area contributed by atoms with Crippen LogP contribution in [0.3, 0.4) is 0 Å². The third-order valence-corrected chi connectivity index (χ3v) is 9.90. The predicted octanol–water partition coefficient (Wildman–Crippen LogP) is 10.4. The molecule has 262 valence electrons. The first-order valence-corrected chi connectivity index (χ1v) is 21.3. The van der Waals surface area contributed by atoms with E-state index in [4.69, 9.17) is 25.4 Å². The van der Waals surface area contributed by atoms with Gasteiger partial charge in [-0.25, -0.2) is 0 Å². The fourth-order valence-electron chi connectivity index (χ4n) is 6.54. The van der Waals surface area contributed by atoms with Gasteiger partial charge in [0.1, 0.15) is 19.6 Å². The van der Waals surface area contributed by atoms with Gasteiger partial charge in [0.2, 0.25) is 0 Å². The predicted molar refractivity (Wildman–Crippen MR) is 218 cm³/mol. The van der Waals surface area contributed by atoms with Crippen LogP contribution in [0.2, 0.25) is 19.6 Å². The highest BCUT2D eigenvalue weighted by atomic mass is 28.3. The van der Waals surface area contributed by atoms with Gasteiger partial charge in [0.25, 0.3) is 0 Å². The maximum Gasteiger partial charge on any atom is 0.188 e. The Labute approximate surface area is 309 Å². The number of terminal acetylenes is 1. The summed E-state index contributed by atoms with van der Waals surface area (Å²) in [5.41, 5.74) is 11.9. The molecule has 0 saturated carbocycles. The zero-order valence-electron chi connectivity index (χ0n) is 30.8. The van der Waals surface area contributed by atoms with E-state index in [9.17, 15) is 0 Å². The molecule has 0 bridgehead atoms. The van der Waals surface area contributed by atoms with Gasteiger partial charge in [0.15, 0.2) is 13.6 Å². The van der Waals surface area contributed by atoms with E-state index < -0.39 is 8.07 Å². The first-order valence-electron chi connectivity index (χ1n) is 17.8. The van der Waals surface area contributed by atoms with E-state index in [1.807, 2.05) is 6.07 Å². The van der Waals surface area contributed by atoms with Crippen LogP contribution < -0.4 is 9.47 Å². The van der Waals surface area contributed by atoms with Crippen molar-refractivity contribution in [2.75, 3.05) is 27.8 Å². The monoisotopic (exact) mass is 702 g/mol. The van der Waals surface area contributed by atoms with Crippen molar-refractivity contribution >= 4 is 29.6 Å². The van der Waals surface area contributed by atoms with Crippen LogP contribution in [0, 0.1) is 23.8 Å². The van der Waals surface area contributed by atoms with Gasteiger partial charge in [-0.15, -0.1) is 12.0 Å². The lowest BCUT2D eigenvalue weighted by Gasteiger charge is -2.22. The van der Waals surface area contributed by atoms with Crippen LogP contribution in [-0.4, -0.2) is 35.9 Å². The van der Waals surface area contributed by atoms with E-state index in [0.29, 0.717) is 17.1 Å². The molecule has 0 saturated heterocycles. The van der Waals surface area contributed by atoms with Crippen molar-refractivity contribution in [3.05, 3.63) is 143 Å². The molecule has 0 aliphatic heterocycles. The summed E-state index contributed by atoms with van der Waals surface area (Å²) in [4.78, 5) is 0. The number of hydrogen-bond donors (Lipinski definition) is 0. The van der Waals surface area contributed by atoms with Crippen molar-refractivity contribution in [3.63, 3.8) is 0 Å². The molecule has 5 heteroatoms. The number of aryl methyl sites for hydroxylation is 4. The Morgan fingerprint density at radius 1 is 0.538 bits per heavy atom. The molecule has 0 atom stereocenters. The fraction of sp³-hybridized carbons (Fsp3) is 0.234. The van der Waals surface area contributed by atoms with E-state index in [0.717, 1.165) is 63.9 Å². The molecular formula is C47H46O4Si. The Morgan fingerprint density at radius 3 is 1.42 bits per heavy atom. The molecule has 0 spiro atoms. The second-order valence-corrected chi connectivity index (χ2v) is 18.8. The summed E-state index contributed by atoms with van der Waals surface area (Å²) in [5.74, 6) is 7.69. The summed E-state index contributed by atoms with van der Waals surface area (Å²) in [6.45, 7) is 6.83. The van der Waals surface area contributed by atoms with Crippen LogP contribution in [0.1, 0.15) is 33.4 Å². The van der Waals surface area contributed by atoms with Gasteiger partial charge in [-0.2, -0.15) is 0 Å². The molecule has 0 aromatic heterocycles. The fourth-order valence-corrected chi connectivity index (χ4v) is 7.05. The van der Waals surface area contributed by atoms with Crippen molar-refractivity contribution in [2.24, 2.45) is 0 Å². The molecule has 0 aliphatic carbocycles. The maximum atomic E-state index is 6.53. The lowest BCUT2D eigenvalue weighted by Crippen LogP contribution is -2.16. The topological polar surface area (TPSA) is 36.9 Å². The van der Waals surface area contributed by atoms with Gasteiger partial charge in [-0.1, -0.05) is 129 Å². The second kappa shape index (κ2) is 16.8. The first-order chi connectivity index (χ1) is 25.3. The summed E-state index contributed by atoms with van der Waals surface area (Å²) >= 11 is 0. The zero-order valence-corrected chi connectivity index (χ0v) is 31.8. The van der Waals surface area contributed by atoms with E-state index in [2.05, 4.69) is 140 Å². The standard InChI is InChI=1S/C47H46O4Si/c1-7-38-30-40-28-36(20-18-34-14-10-8-11-15-34)22-24-42(40)44(46(38)50-32-48-2)45-43-25-23-37(21-19-35-16-12-9-13-17-35)29-41(43)31-39(26-27-52(4,5)6)47(45)51-33-49-3/h1,8-17,22-25,28-31H,18-21,32-33H2,2-6H3. The third kappa shape index (κ3) is 8.76. The van der Waals surface area contributed by atoms with Crippen molar-refractivity contribution in [3.8, 4) is 46.4 Å². The summed E-state index contributed by atoms with van der Waals surface area (Å²) in [6, 6.07) is 38.7. The highest BCUT2D eigenvalue weighted by Gasteiger charge is 2.25. The lowest BCUT2D eigenvalue weighted by molar-refractivity contribution is 0.0500. The Balaban J connectivity index is 1.61. The van der Waals surface area contributed by atoms with E-state index in [1.54, 1.807) is 14.2 Å². The zero-order chi connectivity index (χ0) is 36.5. The molecule has 0 unspecified atom stereocenters. The van der Waals surface area contributed by atoms with Gasteiger partial charge >= 0.3 is 0 Å². The Kier molecular flexibility index (Phi) is 11.8. The number of rotatable bonds is 13. The minimum absolute atomic E-state index is 0.0350. The van der Waals surface area contributed by atoms with E-state index >= 15 is 0 Å². The minimum Gasteiger partial charge on any atom is -0.466 e. The molecular weight excluding hydrogens is 657 g/mol. The molecule has 52 heavy (non-hydrogen) atoms. The van der Waals surface area contributed by atoms with Gasteiger partial charge in [0, 0.05) is 25.3 Å². The Hall–Kier alpha value is -5.30. The molecule has 4 nitrogen and oxygen atoms in total. The van der Waals surface area contributed by atoms with Crippen LogP contribution in [0.5, 0.6) is 11.5 Å². The second-order valence-electron chi connectivity index (χ2n) is 14.1. The molecule has 0 radical (unpaired) electrons. The van der Waals surface area contributed by atoms with Crippen molar-refractivity contribution < 1.29 is 18.9 Å². The molecule has 6 aromatic rings. The van der Waals surface area contributed by atoms with Crippen LogP contribution in [0.4, 0.5) is 0 Å². The van der Waals surface area contributed by atoms with Gasteiger partial charge in [-0.05, 0) is 81.6 Å². The highest BCUT2D eigenvalue weighted by Crippen LogP contribution is 2.49. The maximum absolute atomic E-state index is 6.53. The van der Waals surface area contributed by atoms with Gasteiger partial charge in [-0.3, -0.25) is 0 Å². The molecule has 0 N–H and O–H groups in total. The molecule has 0 amide bonds. The average molecular weight is 703 g/mol. The number of ether oxygens (including phenoxy) is 4. The Morgan fingerprint density at radius 2 is 0.981 bits per heavy atom. The molecule has 6 aromatic carbocycles. The van der Waals surface area contributed by atoms with E-state index in [1.165, 1.54) is 22.3 Å². The average Bonchev–Trinajstić information content (AvgIpc) is 3.16. The van der Waals surface area contributed by atoms with Gasteiger partial charge in [0.05, 0.1) is 11.1 Å². The normalized spacial score (nSPS) is 11.2. The van der Waals surface area contributed by atoms with Crippen LogP contribution >= 0.6 is 0 Å². The molecule has 0 aliphatic rings. The number of hydrogen-bond acceptors (Lipinski definition) is 4. The Bertz CT molecular complexity index is 2270. The quantitative estimate of drug-likeness (QED) is 0.0682. The van der Waals surface area contributed by atoms with Crippen molar-refractivity contribution in [1.29, 1.82) is 0 Å². The smallest absolute Gasteiger partial charge is 0.188 e. The molecule has 6 rings (SSSR count). The third-order valence-electron chi connectivity index (χ3n) is 9.02. The molecule has 0 fully saturated rings. The van der Waals surface area contributed by atoms with Crippen LogP contribution in [0.25, 0.3) is 32.7 Å². The first kappa shape index (κ1) is 36.5. The molecule has 0 heterocycles. The summed E-state index contributed by atoms with van der Waals surface area (Å²) in [5, 5.41) is 4.11. The minimum atomic E-state index is -1.76. The SMILES string of the molecule is C#Cc1cc2cc(CCc3ccccc3)ccc2c(-c2c(OCOC)c(C#C[Si](C)(C)C)cc3cc(CCc4ccccc4)ccc23)c1OCOC. The van der Waals surface area contributed by atoms with E-state index in [-0.39, 0.29) is 13.6 Å². The van der Waals surface area contributed by atoms with Crippen molar-refractivity contribution in [1.82, 2.24) is 0 Å². The lowest BCUT2D eigenvalue weighted by atomic mass is 9.87. The van der Waals surface area contributed by atoms with Crippen molar-refractivity contribution in [2.45, 2.75) is 45.3 Å². The number of methoxy groups -OCH3 is 2.